The number of carbonyl (C=O) groups excluding carboxylic acids is 3. The Hall–Kier alpha value is -1.39. The summed E-state index contributed by atoms with van der Waals surface area (Å²) < 4.78 is 0. The van der Waals surface area contributed by atoms with Gasteiger partial charge in [-0.05, 0) is 31.1 Å². The van der Waals surface area contributed by atoms with Crippen molar-refractivity contribution in [3.63, 3.8) is 0 Å². The fourth-order valence-electron chi connectivity index (χ4n) is 3.23. The molecule has 3 aliphatic rings. The zero-order valence-corrected chi connectivity index (χ0v) is 11.3. The highest BCUT2D eigenvalue weighted by Gasteiger charge is 2.55. The van der Waals surface area contributed by atoms with E-state index in [4.69, 9.17) is 0 Å². The van der Waals surface area contributed by atoms with Crippen molar-refractivity contribution < 1.29 is 14.4 Å². The lowest BCUT2D eigenvalue weighted by molar-refractivity contribution is -0.154. The molecule has 0 unspecified atom stereocenters. The Morgan fingerprint density at radius 2 is 1.68 bits per heavy atom. The molecule has 3 fully saturated rings. The first-order valence-electron chi connectivity index (χ1n) is 7.14. The van der Waals surface area contributed by atoms with Gasteiger partial charge in [-0.15, -0.1) is 0 Å². The Kier molecular flexibility index (Phi) is 2.69. The normalized spacial score (nSPS) is 28.5. The molecule has 5 heteroatoms. The number of hydrogen-bond donors (Lipinski definition) is 1. The van der Waals surface area contributed by atoms with Crippen LogP contribution in [-0.4, -0.2) is 29.3 Å². The molecule has 2 saturated carbocycles. The fourth-order valence-corrected chi connectivity index (χ4v) is 3.23. The number of hydrogen-bond acceptors (Lipinski definition) is 3. The predicted molar refractivity (Wildman–Crippen MR) is 68.1 cm³/mol. The van der Waals surface area contributed by atoms with Gasteiger partial charge >= 0.3 is 6.03 Å². The van der Waals surface area contributed by atoms with Crippen LogP contribution in [0, 0.1) is 10.8 Å². The zero-order valence-electron chi connectivity index (χ0n) is 11.3. The number of urea groups is 1. The largest absolute Gasteiger partial charge is 0.330 e. The second kappa shape index (κ2) is 4.05. The van der Waals surface area contributed by atoms with Gasteiger partial charge in [0.15, 0.2) is 0 Å². The van der Waals surface area contributed by atoms with Crippen LogP contribution in [0.4, 0.5) is 4.79 Å². The molecular weight excluding hydrogens is 244 g/mol. The molecule has 2 aliphatic carbocycles. The quantitative estimate of drug-likeness (QED) is 0.773. The first-order valence-corrected chi connectivity index (χ1v) is 7.14. The molecule has 0 radical (unpaired) electrons. The number of imide groups is 2. The topological polar surface area (TPSA) is 66.5 Å². The summed E-state index contributed by atoms with van der Waals surface area (Å²) in [6, 6.07) is -0.528. The van der Waals surface area contributed by atoms with Gasteiger partial charge < -0.3 is 0 Å². The van der Waals surface area contributed by atoms with Gasteiger partial charge in [0.25, 0.3) is 0 Å². The third-order valence-corrected chi connectivity index (χ3v) is 4.91. The van der Waals surface area contributed by atoms with Gasteiger partial charge in [-0.2, -0.15) is 0 Å². The molecule has 0 atom stereocenters. The summed E-state index contributed by atoms with van der Waals surface area (Å²) in [5, 5.41) is 2.40. The van der Waals surface area contributed by atoms with Crippen molar-refractivity contribution in [3.05, 3.63) is 0 Å². The molecule has 0 aromatic carbocycles. The lowest BCUT2D eigenvalue weighted by atomic mass is 9.71. The van der Waals surface area contributed by atoms with E-state index >= 15 is 0 Å². The molecule has 3 rings (SSSR count). The minimum Gasteiger partial charge on any atom is -0.277 e. The predicted octanol–water partition coefficient (Wildman–Crippen LogP) is 1.82. The maximum absolute atomic E-state index is 12.7. The van der Waals surface area contributed by atoms with Crippen molar-refractivity contribution in [2.45, 2.75) is 51.9 Å². The standard InChI is InChI=1S/C14H20N2O3/c1-13(7-8-13)9-16-11(18)14(5-3-2-4-6-14)10(17)15-12(16)19/h2-9H2,1H3,(H,15,17,19). The van der Waals surface area contributed by atoms with E-state index in [0.717, 1.165) is 32.1 Å². The van der Waals surface area contributed by atoms with E-state index in [2.05, 4.69) is 12.2 Å². The van der Waals surface area contributed by atoms with Gasteiger partial charge in [-0.1, -0.05) is 26.2 Å². The number of nitrogens with one attached hydrogen (secondary N) is 1. The number of carbonyl (C=O) groups is 3. The third-order valence-electron chi connectivity index (χ3n) is 4.91. The highest BCUT2D eigenvalue weighted by Crippen LogP contribution is 2.47. The molecular formula is C14H20N2O3. The molecule has 5 nitrogen and oxygen atoms in total. The maximum Gasteiger partial charge on any atom is 0.330 e. The van der Waals surface area contributed by atoms with Crippen LogP contribution < -0.4 is 5.32 Å². The van der Waals surface area contributed by atoms with Crippen LogP contribution in [0.2, 0.25) is 0 Å². The first-order chi connectivity index (χ1) is 8.97. The SMILES string of the molecule is CC1(CN2C(=O)NC(=O)C3(CCCCC3)C2=O)CC1. The lowest BCUT2D eigenvalue weighted by Gasteiger charge is -2.42. The van der Waals surface area contributed by atoms with Gasteiger partial charge in [0.1, 0.15) is 5.41 Å². The summed E-state index contributed by atoms with van der Waals surface area (Å²) in [5.74, 6) is -0.631. The van der Waals surface area contributed by atoms with Crippen molar-refractivity contribution in [2.24, 2.45) is 10.8 Å². The second-order valence-electron chi connectivity index (χ2n) is 6.60. The summed E-state index contributed by atoms with van der Waals surface area (Å²) in [5.41, 5.74) is -0.888. The minimum atomic E-state index is -0.961. The molecule has 1 heterocycles. The van der Waals surface area contributed by atoms with E-state index in [9.17, 15) is 14.4 Å². The van der Waals surface area contributed by atoms with Gasteiger partial charge in [0.05, 0.1) is 0 Å². The van der Waals surface area contributed by atoms with Crippen LogP contribution in [0.25, 0.3) is 0 Å². The Balaban J connectivity index is 1.86. The van der Waals surface area contributed by atoms with E-state index in [0.29, 0.717) is 19.4 Å². The number of barbiturate groups is 1. The van der Waals surface area contributed by atoms with E-state index in [1.807, 2.05) is 0 Å². The molecule has 104 valence electrons. The smallest absolute Gasteiger partial charge is 0.277 e. The Morgan fingerprint density at radius 3 is 2.26 bits per heavy atom. The molecule has 0 bridgehead atoms. The zero-order chi connectivity index (χ0) is 13.7. The summed E-state index contributed by atoms with van der Waals surface area (Å²) in [4.78, 5) is 38.0. The molecule has 19 heavy (non-hydrogen) atoms. The van der Waals surface area contributed by atoms with Crippen molar-refractivity contribution in [3.8, 4) is 0 Å². The molecule has 0 aromatic rings. The molecule has 1 aliphatic heterocycles. The average Bonchev–Trinajstić information content (AvgIpc) is 3.12. The van der Waals surface area contributed by atoms with Gasteiger partial charge in [0, 0.05) is 6.54 Å². The van der Waals surface area contributed by atoms with E-state index < -0.39 is 11.4 Å². The van der Waals surface area contributed by atoms with E-state index in [1.165, 1.54) is 4.90 Å². The van der Waals surface area contributed by atoms with Crippen molar-refractivity contribution in [1.29, 1.82) is 0 Å². The van der Waals surface area contributed by atoms with Crippen molar-refractivity contribution >= 4 is 17.8 Å². The van der Waals surface area contributed by atoms with Crippen LogP contribution in [0.1, 0.15) is 51.9 Å². The van der Waals surface area contributed by atoms with Crippen molar-refractivity contribution in [2.75, 3.05) is 6.54 Å². The van der Waals surface area contributed by atoms with E-state index in [-0.39, 0.29) is 17.2 Å². The highest BCUT2D eigenvalue weighted by atomic mass is 16.2. The van der Waals surface area contributed by atoms with Crippen LogP contribution >= 0.6 is 0 Å². The molecule has 4 amide bonds. The molecule has 0 aromatic heterocycles. The molecule has 1 spiro atoms. The van der Waals surface area contributed by atoms with Gasteiger partial charge in [-0.25, -0.2) is 4.79 Å². The van der Waals surface area contributed by atoms with Gasteiger partial charge in [-0.3, -0.25) is 19.8 Å². The Morgan fingerprint density at radius 1 is 1.05 bits per heavy atom. The maximum atomic E-state index is 12.7. The lowest BCUT2D eigenvalue weighted by Crippen LogP contribution is -2.65. The monoisotopic (exact) mass is 264 g/mol. The fraction of sp³-hybridized carbons (Fsp3) is 0.786. The van der Waals surface area contributed by atoms with Crippen LogP contribution in [-0.2, 0) is 9.59 Å². The Labute approximate surface area is 112 Å². The van der Waals surface area contributed by atoms with Gasteiger partial charge in [0.2, 0.25) is 11.8 Å². The summed E-state index contributed by atoms with van der Waals surface area (Å²) in [7, 11) is 0. The summed E-state index contributed by atoms with van der Waals surface area (Å²) >= 11 is 0. The van der Waals surface area contributed by atoms with E-state index in [1.54, 1.807) is 0 Å². The van der Waals surface area contributed by atoms with Crippen LogP contribution in [0.3, 0.4) is 0 Å². The molecule has 1 saturated heterocycles. The summed E-state index contributed by atoms with van der Waals surface area (Å²) in [6.45, 7) is 2.53. The minimum absolute atomic E-state index is 0.0727. The number of amides is 4. The third kappa shape index (κ3) is 1.95. The molecule has 1 N–H and O–H groups in total. The second-order valence-corrected chi connectivity index (χ2v) is 6.60. The summed E-state index contributed by atoms with van der Waals surface area (Å²) in [6.07, 6.45) is 6.09. The number of rotatable bonds is 2. The number of nitrogens with zero attached hydrogens (tertiary/aromatic N) is 1. The van der Waals surface area contributed by atoms with Crippen LogP contribution in [0.15, 0.2) is 0 Å². The Bertz CT molecular complexity index is 448. The van der Waals surface area contributed by atoms with Crippen LogP contribution in [0.5, 0.6) is 0 Å². The first kappa shape index (κ1) is 12.6. The highest BCUT2D eigenvalue weighted by molar-refractivity contribution is 6.19. The average molecular weight is 264 g/mol. The van der Waals surface area contributed by atoms with Crippen molar-refractivity contribution in [1.82, 2.24) is 10.2 Å².